The van der Waals surface area contributed by atoms with Gasteiger partial charge in [-0.3, -0.25) is 4.79 Å². The Bertz CT molecular complexity index is 688. The second-order valence-corrected chi connectivity index (χ2v) is 5.84. The number of nitrogens with two attached hydrogens (primary N) is 1. The predicted molar refractivity (Wildman–Crippen MR) is 86.4 cm³/mol. The van der Waals surface area contributed by atoms with Crippen molar-refractivity contribution in [3.8, 4) is 5.75 Å². The van der Waals surface area contributed by atoms with E-state index in [-0.39, 0.29) is 5.91 Å². The smallest absolute Gasteiger partial charge is 0.265 e. The maximum Gasteiger partial charge on any atom is 0.265 e. The minimum atomic E-state index is -0.532. The highest BCUT2D eigenvalue weighted by atomic mass is 79.9. The second kappa shape index (κ2) is 5.77. The molecule has 0 saturated heterocycles. The van der Waals surface area contributed by atoms with Crippen LogP contribution in [0.15, 0.2) is 46.9 Å². The van der Waals surface area contributed by atoms with Gasteiger partial charge in [-0.25, -0.2) is 0 Å². The third kappa shape index (κ3) is 3.03. The van der Waals surface area contributed by atoms with E-state index in [2.05, 4.69) is 21.2 Å². The summed E-state index contributed by atoms with van der Waals surface area (Å²) < 4.78 is 6.64. The molecule has 0 aromatic heterocycles. The average Bonchev–Trinajstić information content (AvgIpc) is 2.62. The Kier molecular flexibility index (Phi) is 3.84. The Hall–Kier alpha value is -2.01. The minimum Gasteiger partial charge on any atom is -0.479 e. The number of fused-ring (bicyclic) bond motifs is 1. The predicted octanol–water partition coefficient (Wildman–Crippen LogP) is 3.36. The number of anilines is 2. The SMILES string of the molecule is Nc1ccc(Br)c(OC2CCc3ccccc3NC2=O)c1. The molecule has 2 aromatic rings. The molecule has 1 aliphatic rings. The molecule has 2 aromatic carbocycles. The molecule has 3 N–H and O–H groups in total. The quantitative estimate of drug-likeness (QED) is 0.819. The summed E-state index contributed by atoms with van der Waals surface area (Å²) in [5.74, 6) is 0.454. The zero-order valence-electron chi connectivity index (χ0n) is 11.3. The Morgan fingerprint density at radius 1 is 1.24 bits per heavy atom. The molecular formula is C16H15BrN2O2. The molecule has 1 amide bonds. The van der Waals surface area contributed by atoms with Gasteiger partial charge in [-0.2, -0.15) is 0 Å². The first-order chi connectivity index (χ1) is 10.1. The molecule has 0 radical (unpaired) electrons. The van der Waals surface area contributed by atoms with Crippen molar-refractivity contribution in [3.05, 3.63) is 52.5 Å². The molecule has 0 bridgehead atoms. The van der Waals surface area contributed by atoms with E-state index >= 15 is 0 Å². The van der Waals surface area contributed by atoms with Crippen molar-refractivity contribution in [3.63, 3.8) is 0 Å². The molecule has 1 atom stereocenters. The first kappa shape index (κ1) is 13.9. The van der Waals surface area contributed by atoms with Gasteiger partial charge in [0.15, 0.2) is 6.10 Å². The molecule has 0 fully saturated rings. The molecule has 3 rings (SSSR count). The van der Waals surface area contributed by atoms with Gasteiger partial charge in [-0.15, -0.1) is 0 Å². The average molecular weight is 347 g/mol. The highest BCUT2D eigenvalue weighted by Gasteiger charge is 2.25. The van der Waals surface area contributed by atoms with E-state index < -0.39 is 6.10 Å². The fourth-order valence-corrected chi connectivity index (χ4v) is 2.71. The van der Waals surface area contributed by atoms with Crippen LogP contribution in [0.25, 0.3) is 0 Å². The zero-order valence-corrected chi connectivity index (χ0v) is 12.9. The van der Waals surface area contributed by atoms with Crippen LogP contribution in [-0.4, -0.2) is 12.0 Å². The van der Waals surface area contributed by atoms with E-state index in [1.54, 1.807) is 12.1 Å². The van der Waals surface area contributed by atoms with Gasteiger partial charge in [0.1, 0.15) is 5.75 Å². The summed E-state index contributed by atoms with van der Waals surface area (Å²) in [7, 11) is 0. The van der Waals surface area contributed by atoms with Gasteiger partial charge in [0, 0.05) is 17.4 Å². The van der Waals surface area contributed by atoms with Gasteiger partial charge in [0.2, 0.25) is 0 Å². The Balaban J connectivity index is 1.81. The van der Waals surface area contributed by atoms with E-state index in [4.69, 9.17) is 10.5 Å². The number of para-hydroxylation sites is 1. The maximum absolute atomic E-state index is 12.3. The first-order valence-electron chi connectivity index (χ1n) is 6.74. The number of benzene rings is 2. The third-order valence-corrected chi connectivity index (χ3v) is 4.12. The van der Waals surface area contributed by atoms with Gasteiger partial charge in [-0.1, -0.05) is 18.2 Å². The van der Waals surface area contributed by atoms with Crippen molar-refractivity contribution in [2.24, 2.45) is 0 Å². The summed E-state index contributed by atoms with van der Waals surface area (Å²) in [6.45, 7) is 0. The number of nitrogens with one attached hydrogen (secondary N) is 1. The van der Waals surface area contributed by atoms with Crippen molar-refractivity contribution in [2.75, 3.05) is 11.1 Å². The highest BCUT2D eigenvalue weighted by Crippen LogP contribution is 2.30. The Morgan fingerprint density at radius 2 is 2.05 bits per heavy atom. The number of aryl methyl sites for hydroxylation is 1. The number of amides is 1. The van der Waals surface area contributed by atoms with Crippen LogP contribution in [0.1, 0.15) is 12.0 Å². The zero-order chi connectivity index (χ0) is 14.8. The van der Waals surface area contributed by atoms with Crippen LogP contribution in [0, 0.1) is 0 Å². The molecule has 4 nitrogen and oxygen atoms in total. The number of nitrogen functional groups attached to an aromatic ring is 1. The molecule has 1 heterocycles. The standard InChI is InChI=1S/C16H15BrN2O2/c17-12-7-6-11(18)9-15(12)21-14-8-5-10-3-1-2-4-13(10)19-16(14)20/h1-4,6-7,9,14H,5,8,18H2,(H,19,20). The molecule has 5 heteroatoms. The summed E-state index contributed by atoms with van der Waals surface area (Å²) in [5, 5.41) is 2.92. The second-order valence-electron chi connectivity index (χ2n) is 4.98. The van der Waals surface area contributed by atoms with Crippen molar-refractivity contribution in [2.45, 2.75) is 18.9 Å². The Labute approximate surface area is 131 Å². The van der Waals surface area contributed by atoms with Crippen molar-refractivity contribution in [1.29, 1.82) is 0 Å². The molecule has 21 heavy (non-hydrogen) atoms. The minimum absolute atomic E-state index is 0.130. The lowest BCUT2D eigenvalue weighted by Crippen LogP contribution is -2.31. The van der Waals surface area contributed by atoms with Crippen LogP contribution in [0.5, 0.6) is 5.75 Å². The number of halogens is 1. The van der Waals surface area contributed by atoms with E-state index in [9.17, 15) is 4.79 Å². The molecular weight excluding hydrogens is 332 g/mol. The summed E-state index contributed by atoms with van der Waals surface area (Å²) in [6.07, 6.45) is 0.888. The topological polar surface area (TPSA) is 64.3 Å². The summed E-state index contributed by atoms with van der Waals surface area (Å²) in [6, 6.07) is 13.1. The van der Waals surface area contributed by atoms with Crippen molar-refractivity contribution >= 4 is 33.2 Å². The lowest BCUT2D eigenvalue weighted by atomic mass is 10.1. The fraction of sp³-hybridized carbons (Fsp3) is 0.188. The van der Waals surface area contributed by atoms with Crippen LogP contribution in [0.4, 0.5) is 11.4 Å². The fourth-order valence-electron chi connectivity index (χ4n) is 2.37. The van der Waals surface area contributed by atoms with Gasteiger partial charge >= 0.3 is 0 Å². The van der Waals surface area contributed by atoms with Crippen LogP contribution >= 0.6 is 15.9 Å². The summed E-state index contributed by atoms with van der Waals surface area (Å²) in [5.41, 5.74) is 8.36. The molecule has 0 spiro atoms. The van der Waals surface area contributed by atoms with E-state index in [0.717, 1.165) is 22.1 Å². The largest absolute Gasteiger partial charge is 0.479 e. The number of hydrogen-bond acceptors (Lipinski definition) is 3. The third-order valence-electron chi connectivity index (χ3n) is 3.47. The van der Waals surface area contributed by atoms with Crippen LogP contribution in [-0.2, 0) is 11.2 Å². The lowest BCUT2D eigenvalue weighted by molar-refractivity contribution is -0.122. The van der Waals surface area contributed by atoms with Gasteiger partial charge in [-0.05, 0) is 52.5 Å². The summed E-state index contributed by atoms with van der Waals surface area (Å²) >= 11 is 3.41. The van der Waals surface area contributed by atoms with Gasteiger partial charge in [0.05, 0.1) is 4.47 Å². The monoisotopic (exact) mass is 346 g/mol. The van der Waals surface area contributed by atoms with E-state index in [1.807, 2.05) is 30.3 Å². The molecule has 0 saturated carbocycles. The van der Waals surface area contributed by atoms with E-state index in [0.29, 0.717) is 17.9 Å². The van der Waals surface area contributed by atoms with Crippen LogP contribution in [0.2, 0.25) is 0 Å². The molecule has 1 aliphatic heterocycles. The first-order valence-corrected chi connectivity index (χ1v) is 7.53. The van der Waals surface area contributed by atoms with E-state index in [1.165, 1.54) is 0 Å². The number of ether oxygens (including phenoxy) is 1. The maximum atomic E-state index is 12.3. The van der Waals surface area contributed by atoms with Crippen molar-refractivity contribution in [1.82, 2.24) is 0 Å². The highest BCUT2D eigenvalue weighted by molar-refractivity contribution is 9.10. The molecule has 1 unspecified atom stereocenters. The van der Waals surface area contributed by atoms with Crippen molar-refractivity contribution < 1.29 is 9.53 Å². The van der Waals surface area contributed by atoms with Crippen LogP contribution in [0.3, 0.4) is 0 Å². The summed E-state index contributed by atoms with van der Waals surface area (Å²) in [4.78, 5) is 12.3. The van der Waals surface area contributed by atoms with Gasteiger partial charge in [0.25, 0.3) is 5.91 Å². The number of rotatable bonds is 2. The van der Waals surface area contributed by atoms with Crippen LogP contribution < -0.4 is 15.8 Å². The normalized spacial score (nSPS) is 17.6. The van der Waals surface area contributed by atoms with Gasteiger partial charge < -0.3 is 15.8 Å². The molecule has 108 valence electrons. The number of carbonyl (C=O) groups is 1. The molecule has 0 aliphatic carbocycles. The number of carbonyl (C=O) groups excluding carboxylic acids is 1. The lowest BCUT2D eigenvalue weighted by Gasteiger charge is -2.17. The Morgan fingerprint density at radius 3 is 2.90 bits per heavy atom. The number of hydrogen-bond donors (Lipinski definition) is 2.